The molecule has 2 rings (SSSR count). The standard InChI is InChI=1S/C18H21ClN2O5S/c1-5-26-16(22)14-7-6-10-21(14)27(24,25)15-11-12(19)8-9-13(15)20-17(23)18(2,3)4/h6-11H,5H2,1-4H3,(H,20,23). The predicted octanol–water partition coefficient (Wildman–Crippen LogP) is 3.54. The van der Waals surface area contributed by atoms with Gasteiger partial charge in [-0.3, -0.25) is 4.79 Å². The van der Waals surface area contributed by atoms with E-state index in [4.69, 9.17) is 16.3 Å². The van der Waals surface area contributed by atoms with E-state index in [0.29, 0.717) is 0 Å². The average Bonchev–Trinajstić information content (AvgIpc) is 3.06. The summed E-state index contributed by atoms with van der Waals surface area (Å²) in [4.78, 5) is 24.2. The molecule has 0 radical (unpaired) electrons. The number of nitrogens with one attached hydrogen (secondary N) is 1. The molecule has 0 bridgehead atoms. The van der Waals surface area contributed by atoms with Gasteiger partial charge in [-0.2, -0.15) is 0 Å². The zero-order valence-electron chi connectivity index (χ0n) is 15.4. The molecule has 1 heterocycles. The fourth-order valence-electron chi connectivity index (χ4n) is 2.17. The zero-order chi connectivity index (χ0) is 20.4. The van der Waals surface area contributed by atoms with Gasteiger partial charge in [0.25, 0.3) is 10.0 Å². The highest BCUT2D eigenvalue weighted by molar-refractivity contribution is 7.90. The van der Waals surface area contributed by atoms with E-state index in [1.807, 2.05) is 0 Å². The van der Waals surface area contributed by atoms with Gasteiger partial charge in [-0.15, -0.1) is 0 Å². The van der Waals surface area contributed by atoms with Gasteiger partial charge in [0, 0.05) is 16.6 Å². The van der Waals surface area contributed by atoms with Crippen molar-refractivity contribution >= 4 is 39.2 Å². The van der Waals surface area contributed by atoms with Crippen LogP contribution in [0.4, 0.5) is 5.69 Å². The summed E-state index contributed by atoms with van der Waals surface area (Å²) >= 11 is 5.98. The molecule has 1 amide bonds. The third-order valence-electron chi connectivity index (χ3n) is 3.61. The molecule has 0 aliphatic rings. The van der Waals surface area contributed by atoms with Crippen molar-refractivity contribution < 1.29 is 22.7 Å². The van der Waals surface area contributed by atoms with E-state index in [0.717, 1.165) is 3.97 Å². The minimum absolute atomic E-state index is 0.0721. The Morgan fingerprint density at radius 2 is 1.89 bits per heavy atom. The van der Waals surface area contributed by atoms with Crippen molar-refractivity contribution in [3.63, 3.8) is 0 Å². The van der Waals surface area contributed by atoms with Gasteiger partial charge < -0.3 is 10.1 Å². The first kappa shape index (κ1) is 21.0. The van der Waals surface area contributed by atoms with Crippen LogP contribution in [0.1, 0.15) is 38.2 Å². The Labute approximate surface area is 163 Å². The molecule has 0 aliphatic heterocycles. The number of halogens is 1. The lowest BCUT2D eigenvalue weighted by molar-refractivity contribution is -0.123. The summed E-state index contributed by atoms with van der Waals surface area (Å²) in [5.74, 6) is -1.13. The van der Waals surface area contributed by atoms with Gasteiger partial charge in [-0.05, 0) is 37.3 Å². The molecule has 0 saturated heterocycles. The largest absolute Gasteiger partial charge is 0.461 e. The molecular formula is C18H21ClN2O5S. The average molecular weight is 413 g/mol. The summed E-state index contributed by atoms with van der Waals surface area (Å²) in [6.45, 7) is 6.84. The molecule has 9 heteroatoms. The number of hydrogen-bond acceptors (Lipinski definition) is 5. The van der Waals surface area contributed by atoms with Crippen LogP contribution >= 0.6 is 11.6 Å². The van der Waals surface area contributed by atoms with Gasteiger partial charge in [-0.1, -0.05) is 32.4 Å². The highest BCUT2D eigenvalue weighted by atomic mass is 35.5. The lowest BCUT2D eigenvalue weighted by Gasteiger charge is -2.20. The van der Waals surface area contributed by atoms with Crippen LogP contribution in [0.5, 0.6) is 0 Å². The number of ether oxygens (including phenoxy) is 1. The number of anilines is 1. The highest BCUT2D eigenvalue weighted by Crippen LogP contribution is 2.29. The van der Waals surface area contributed by atoms with Gasteiger partial charge in [-0.25, -0.2) is 17.2 Å². The second kappa shape index (κ2) is 7.74. The van der Waals surface area contributed by atoms with Crippen LogP contribution in [0.15, 0.2) is 41.4 Å². The number of benzene rings is 1. The van der Waals surface area contributed by atoms with E-state index in [-0.39, 0.29) is 33.8 Å². The summed E-state index contributed by atoms with van der Waals surface area (Å²) in [7, 11) is -4.22. The number of nitrogens with zero attached hydrogens (tertiary/aromatic N) is 1. The molecule has 0 fully saturated rings. The minimum Gasteiger partial charge on any atom is -0.461 e. The van der Waals surface area contributed by atoms with Crippen molar-refractivity contribution in [1.82, 2.24) is 3.97 Å². The Hall–Kier alpha value is -2.32. The second-order valence-electron chi connectivity index (χ2n) is 6.76. The van der Waals surface area contributed by atoms with Crippen LogP contribution in [0, 0.1) is 5.41 Å². The molecule has 1 N–H and O–H groups in total. The summed E-state index contributed by atoms with van der Waals surface area (Å²) in [5.41, 5.74) is -0.808. The van der Waals surface area contributed by atoms with E-state index in [2.05, 4.69) is 5.32 Å². The van der Waals surface area contributed by atoms with Crippen LogP contribution < -0.4 is 5.32 Å². The van der Waals surface area contributed by atoms with E-state index in [1.54, 1.807) is 27.7 Å². The van der Waals surface area contributed by atoms with Gasteiger partial charge in [0.1, 0.15) is 10.6 Å². The Balaban J connectivity index is 2.57. The maximum atomic E-state index is 13.2. The molecule has 1 aromatic carbocycles. The molecule has 0 atom stereocenters. The van der Waals surface area contributed by atoms with Gasteiger partial charge in [0.2, 0.25) is 5.91 Å². The van der Waals surface area contributed by atoms with E-state index in [1.165, 1.54) is 36.5 Å². The summed E-state index contributed by atoms with van der Waals surface area (Å²) in [5, 5.41) is 2.79. The van der Waals surface area contributed by atoms with E-state index >= 15 is 0 Å². The van der Waals surface area contributed by atoms with Crippen LogP contribution in [-0.2, 0) is 19.6 Å². The maximum Gasteiger partial charge on any atom is 0.355 e. The Morgan fingerprint density at radius 3 is 2.48 bits per heavy atom. The van der Waals surface area contributed by atoms with Crippen LogP contribution in [0.2, 0.25) is 5.02 Å². The minimum atomic E-state index is -4.22. The maximum absolute atomic E-state index is 13.2. The second-order valence-corrected chi connectivity index (χ2v) is 8.98. The molecule has 2 aromatic rings. The molecular weight excluding hydrogens is 392 g/mol. The number of carbonyl (C=O) groups excluding carboxylic acids is 2. The summed E-state index contributed by atoms with van der Waals surface area (Å²) in [6.07, 6.45) is 1.23. The fraction of sp³-hybridized carbons (Fsp3) is 0.333. The monoisotopic (exact) mass is 412 g/mol. The van der Waals surface area contributed by atoms with Gasteiger partial charge >= 0.3 is 5.97 Å². The van der Waals surface area contributed by atoms with Crippen molar-refractivity contribution in [2.45, 2.75) is 32.6 Å². The first-order valence-electron chi connectivity index (χ1n) is 8.19. The number of carbonyl (C=O) groups is 2. The lowest BCUT2D eigenvalue weighted by atomic mass is 9.95. The van der Waals surface area contributed by atoms with Crippen molar-refractivity contribution in [2.24, 2.45) is 5.41 Å². The Kier molecular flexibility index (Phi) is 6.01. The molecule has 1 aromatic heterocycles. The van der Waals surface area contributed by atoms with Crippen LogP contribution in [0.25, 0.3) is 0 Å². The summed E-state index contributed by atoms with van der Waals surface area (Å²) in [6, 6.07) is 6.87. The topological polar surface area (TPSA) is 94.5 Å². The third-order valence-corrected chi connectivity index (χ3v) is 5.57. The van der Waals surface area contributed by atoms with Crippen LogP contribution in [-0.4, -0.2) is 30.9 Å². The third kappa shape index (κ3) is 4.51. The van der Waals surface area contributed by atoms with Gasteiger partial charge in [0.05, 0.1) is 12.3 Å². The predicted molar refractivity (Wildman–Crippen MR) is 103 cm³/mol. The van der Waals surface area contributed by atoms with E-state index in [9.17, 15) is 18.0 Å². The number of rotatable bonds is 5. The Morgan fingerprint density at radius 1 is 1.22 bits per heavy atom. The first-order valence-corrected chi connectivity index (χ1v) is 10.0. The highest BCUT2D eigenvalue weighted by Gasteiger charge is 2.29. The Bertz CT molecular complexity index is 974. The quantitative estimate of drug-likeness (QED) is 0.758. The first-order chi connectivity index (χ1) is 12.5. The summed E-state index contributed by atoms with van der Waals surface area (Å²) < 4.78 is 32.1. The zero-order valence-corrected chi connectivity index (χ0v) is 17.0. The molecule has 0 spiro atoms. The van der Waals surface area contributed by atoms with Crippen LogP contribution in [0.3, 0.4) is 0 Å². The smallest absolute Gasteiger partial charge is 0.355 e. The van der Waals surface area contributed by atoms with E-state index < -0.39 is 21.4 Å². The number of aromatic nitrogens is 1. The molecule has 0 unspecified atom stereocenters. The SMILES string of the molecule is CCOC(=O)c1cccn1S(=O)(=O)c1cc(Cl)ccc1NC(=O)C(C)(C)C. The molecule has 27 heavy (non-hydrogen) atoms. The molecule has 146 valence electrons. The van der Waals surface area contributed by atoms with Crippen molar-refractivity contribution in [1.29, 1.82) is 0 Å². The lowest BCUT2D eigenvalue weighted by Crippen LogP contribution is -2.29. The number of amides is 1. The molecule has 0 aliphatic carbocycles. The van der Waals surface area contributed by atoms with Crippen molar-refractivity contribution in [3.8, 4) is 0 Å². The van der Waals surface area contributed by atoms with Gasteiger partial charge in [0.15, 0.2) is 0 Å². The molecule has 0 saturated carbocycles. The normalized spacial score (nSPS) is 11.9. The van der Waals surface area contributed by atoms with Crippen molar-refractivity contribution in [3.05, 3.63) is 47.2 Å². The van der Waals surface area contributed by atoms with Crippen molar-refractivity contribution in [2.75, 3.05) is 11.9 Å². The fourth-order valence-corrected chi connectivity index (χ4v) is 3.91. The number of esters is 1. The molecule has 7 nitrogen and oxygen atoms in total. The number of hydrogen-bond donors (Lipinski definition) is 1.